The van der Waals surface area contributed by atoms with Crippen LogP contribution in [0.1, 0.15) is 5.56 Å². The molecule has 0 amide bonds. The molecule has 60 valence electrons. The van der Waals surface area contributed by atoms with Crippen molar-refractivity contribution in [3.63, 3.8) is 0 Å². The molecule has 0 aliphatic carbocycles. The third kappa shape index (κ3) is 1.76. The lowest BCUT2D eigenvalue weighted by atomic mass is 10.2. The Morgan fingerprint density at radius 2 is 2.09 bits per heavy atom. The lowest BCUT2D eigenvalue weighted by molar-refractivity contribution is 0.591. The van der Waals surface area contributed by atoms with Gasteiger partial charge in [0.2, 0.25) is 0 Å². The van der Waals surface area contributed by atoms with Crippen molar-refractivity contribution in [3.05, 3.63) is 28.0 Å². The molecule has 0 nitrogen and oxygen atoms in total. The molecule has 0 aromatic heterocycles. The fourth-order valence-electron chi connectivity index (χ4n) is 0.818. The summed E-state index contributed by atoms with van der Waals surface area (Å²) in [5, 5.41) is 0. The highest BCUT2D eigenvalue weighted by atomic mass is 79.9. The van der Waals surface area contributed by atoms with Crippen LogP contribution < -0.4 is 0 Å². The Morgan fingerprint density at radius 3 is 2.55 bits per heavy atom. The van der Waals surface area contributed by atoms with Gasteiger partial charge < -0.3 is 0 Å². The highest BCUT2D eigenvalue weighted by Gasteiger charge is 2.07. The highest BCUT2D eigenvalue weighted by molar-refractivity contribution is 9.10. The normalized spacial score (nSPS) is 10.2. The SMILES string of the molecule is CSc1c(Br)ccc(C)c1F. The standard InChI is InChI=1S/C8H8BrFS/c1-5-3-4-6(9)8(11-2)7(5)10/h3-4H,1-2H3. The number of hydrogen-bond acceptors (Lipinski definition) is 1. The molecule has 0 spiro atoms. The van der Waals surface area contributed by atoms with Gasteiger partial charge in [-0.15, -0.1) is 11.8 Å². The predicted molar refractivity (Wildman–Crippen MR) is 50.6 cm³/mol. The van der Waals surface area contributed by atoms with Crippen molar-refractivity contribution in [2.45, 2.75) is 11.8 Å². The first-order valence-electron chi connectivity index (χ1n) is 3.15. The lowest BCUT2D eigenvalue weighted by Gasteiger charge is -2.03. The van der Waals surface area contributed by atoms with Crippen molar-refractivity contribution in [1.29, 1.82) is 0 Å². The van der Waals surface area contributed by atoms with Crippen LogP contribution in [0.3, 0.4) is 0 Å². The molecule has 0 radical (unpaired) electrons. The maximum atomic E-state index is 13.2. The zero-order valence-corrected chi connectivity index (χ0v) is 8.72. The van der Waals surface area contributed by atoms with E-state index in [0.717, 1.165) is 4.47 Å². The zero-order chi connectivity index (χ0) is 8.43. The summed E-state index contributed by atoms with van der Waals surface area (Å²) < 4.78 is 14.0. The molecule has 11 heavy (non-hydrogen) atoms. The topological polar surface area (TPSA) is 0 Å². The molecule has 0 saturated carbocycles. The van der Waals surface area contributed by atoms with Crippen molar-refractivity contribution in [2.24, 2.45) is 0 Å². The van der Waals surface area contributed by atoms with Crippen LogP contribution in [0, 0.1) is 12.7 Å². The van der Waals surface area contributed by atoms with Gasteiger partial charge in [-0.3, -0.25) is 0 Å². The Bertz CT molecular complexity index is 273. The van der Waals surface area contributed by atoms with E-state index in [4.69, 9.17) is 0 Å². The fraction of sp³-hybridized carbons (Fsp3) is 0.250. The third-order valence-corrected chi connectivity index (χ3v) is 3.18. The molecule has 0 aliphatic heterocycles. The highest BCUT2D eigenvalue weighted by Crippen LogP contribution is 2.29. The Balaban J connectivity index is 3.29. The van der Waals surface area contributed by atoms with Gasteiger partial charge >= 0.3 is 0 Å². The van der Waals surface area contributed by atoms with Crippen molar-refractivity contribution >= 4 is 27.7 Å². The van der Waals surface area contributed by atoms with Gasteiger partial charge in [-0.2, -0.15) is 0 Å². The van der Waals surface area contributed by atoms with Crippen LogP contribution in [0.25, 0.3) is 0 Å². The number of benzene rings is 1. The minimum absolute atomic E-state index is 0.119. The first-order valence-corrected chi connectivity index (χ1v) is 5.17. The molecular formula is C8H8BrFS. The van der Waals surface area contributed by atoms with Crippen LogP contribution >= 0.6 is 27.7 Å². The van der Waals surface area contributed by atoms with E-state index < -0.39 is 0 Å². The van der Waals surface area contributed by atoms with E-state index in [-0.39, 0.29) is 5.82 Å². The zero-order valence-electron chi connectivity index (χ0n) is 6.32. The van der Waals surface area contributed by atoms with Crippen LogP contribution in [0.4, 0.5) is 4.39 Å². The van der Waals surface area contributed by atoms with E-state index in [9.17, 15) is 4.39 Å². The summed E-state index contributed by atoms with van der Waals surface area (Å²) in [5.74, 6) is -0.119. The molecule has 0 fully saturated rings. The quantitative estimate of drug-likeness (QED) is 0.670. The number of hydrogen-bond donors (Lipinski definition) is 0. The molecule has 1 aromatic rings. The molecule has 0 atom stereocenters. The van der Waals surface area contributed by atoms with Gasteiger partial charge in [0.1, 0.15) is 5.82 Å². The summed E-state index contributed by atoms with van der Waals surface area (Å²) in [6.45, 7) is 1.77. The Hall–Kier alpha value is -0.0200. The van der Waals surface area contributed by atoms with Gasteiger partial charge in [0.15, 0.2) is 0 Å². The van der Waals surface area contributed by atoms with E-state index in [0.29, 0.717) is 10.5 Å². The van der Waals surface area contributed by atoms with Crippen molar-refractivity contribution in [1.82, 2.24) is 0 Å². The number of halogens is 2. The average Bonchev–Trinajstić information content (AvgIpc) is 1.99. The molecule has 0 bridgehead atoms. The average molecular weight is 235 g/mol. The number of rotatable bonds is 1. The van der Waals surface area contributed by atoms with Gasteiger partial charge in [-0.05, 0) is 40.7 Å². The first kappa shape index (κ1) is 9.07. The second-order valence-corrected chi connectivity index (χ2v) is 3.88. The van der Waals surface area contributed by atoms with Gasteiger partial charge in [-0.1, -0.05) is 6.07 Å². The Labute approximate surface area is 78.3 Å². The van der Waals surface area contributed by atoms with Crippen molar-refractivity contribution in [3.8, 4) is 0 Å². The van der Waals surface area contributed by atoms with Crippen LogP contribution in [0.15, 0.2) is 21.5 Å². The molecular weight excluding hydrogens is 227 g/mol. The first-order chi connectivity index (χ1) is 5.16. The minimum atomic E-state index is -0.119. The van der Waals surface area contributed by atoms with E-state index in [1.807, 2.05) is 12.3 Å². The summed E-state index contributed by atoms with van der Waals surface area (Å²) in [7, 11) is 0. The van der Waals surface area contributed by atoms with Crippen LogP contribution in [-0.2, 0) is 0 Å². The van der Waals surface area contributed by atoms with Crippen LogP contribution in [-0.4, -0.2) is 6.26 Å². The van der Waals surface area contributed by atoms with E-state index in [1.54, 1.807) is 13.0 Å². The second-order valence-electron chi connectivity index (χ2n) is 2.21. The molecule has 1 aromatic carbocycles. The Kier molecular flexibility index (Phi) is 2.96. The Morgan fingerprint density at radius 1 is 1.45 bits per heavy atom. The monoisotopic (exact) mass is 234 g/mol. The maximum absolute atomic E-state index is 13.2. The van der Waals surface area contributed by atoms with Crippen molar-refractivity contribution in [2.75, 3.05) is 6.26 Å². The largest absolute Gasteiger partial charge is 0.205 e. The fourth-order valence-corrected chi connectivity index (χ4v) is 2.21. The van der Waals surface area contributed by atoms with Gasteiger partial charge in [-0.25, -0.2) is 4.39 Å². The summed E-state index contributed by atoms with van der Waals surface area (Å²) in [5.41, 5.74) is 0.692. The molecule has 0 aliphatic rings. The number of aryl methyl sites for hydroxylation is 1. The van der Waals surface area contributed by atoms with Gasteiger partial charge in [0, 0.05) is 4.47 Å². The van der Waals surface area contributed by atoms with E-state index >= 15 is 0 Å². The molecule has 0 unspecified atom stereocenters. The van der Waals surface area contributed by atoms with Crippen LogP contribution in [0.2, 0.25) is 0 Å². The summed E-state index contributed by atoms with van der Waals surface area (Å²) in [6.07, 6.45) is 1.86. The summed E-state index contributed by atoms with van der Waals surface area (Å²) in [6, 6.07) is 3.63. The molecule has 0 heterocycles. The van der Waals surface area contributed by atoms with Gasteiger partial charge in [0.25, 0.3) is 0 Å². The van der Waals surface area contributed by atoms with Gasteiger partial charge in [0.05, 0.1) is 4.90 Å². The lowest BCUT2D eigenvalue weighted by Crippen LogP contribution is -1.86. The molecule has 0 saturated heterocycles. The maximum Gasteiger partial charge on any atom is 0.140 e. The number of thioether (sulfide) groups is 1. The predicted octanol–water partition coefficient (Wildman–Crippen LogP) is 3.62. The third-order valence-electron chi connectivity index (χ3n) is 1.45. The smallest absolute Gasteiger partial charge is 0.140 e. The molecule has 0 N–H and O–H groups in total. The molecule has 1 rings (SSSR count). The van der Waals surface area contributed by atoms with Crippen molar-refractivity contribution < 1.29 is 4.39 Å². The van der Waals surface area contributed by atoms with E-state index in [1.165, 1.54) is 11.8 Å². The molecule has 3 heteroatoms. The van der Waals surface area contributed by atoms with Crippen LogP contribution in [0.5, 0.6) is 0 Å². The minimum Gasteiger partial charge on any atom is -0.205 e. The summed E-state index contributed by atoms with van der Waals surface area (Å²) in [4.78, 5) is 0.685. The van der Waals surface area contributed by atoms with E-state index in [2.05, 4.69) is 15.9 Å². The summed E-state index contributed by atoms with van der Waals surface area (Å²) >= 11 is 4.69. The second kappa shape index (κ2) is 3.59.